The lowest BCUT2D eigenvalue weighted by Gasteiger charge is -2.34. The summed E-state index contributed by atoms with van der Waals surface area (Å²) in [6.07, 6.45) is 0. The predicted octanol–water partition coefficient (Wildman–Crippen LogP) is 2.20. The molecule has 2 aromatic carbocycles. The molecular weight excluding hydrogens is 312 g/mol. The standard InChI is InChI=1S/C20H22N4O/c1-22-11-13-23(14-12-22)20-21-18-10-6-5-9-17(18)19(25)24(20)15-16-7-3-2-4-8-16/h2-10H,11-15H2,1H3. The van der Waals surface area contributed by atoms with Crippen LogP contribution in [0.5, 0.6) is 0 Å². The molecule has 0 unspecified atom stereocenters. The average Bonchev–Trinajstić information content (AvgIpc) is 2.65. The minimum absolute atomic E-state index is 0.0309. The Balaban J connectivity index is 1.84. The molecule has 1 aliphatic rings. The van der Waals surface area contributed by atoms with Crippen LogP contribution >= 0.6 is 0 Å². The molecule has 0 atom stereocenters. The summed E-state index contributed by atoms with van der Waals surface area (Å²) < 4.78 is 1.82. The molecular formula is C20H22N4O. The van der Waals surface area contributed by atoms with Crippen molar-refractivity contribution >= 4 is 16.9 Å². The summed E-state index contributed by atoms with van der Waals surface area (Å²) in [4.78, 5) is 22.5. The maximum absolute atomic E-state index is 13.1. The predicted molar refractivity (Wildman–Crippen MR) is 101 cm³/mol. The molecule has 1 aromatic heterocycles. The molecule has 128 valence electrons. The number of aromatic nitrogens is 2. The van der Waals surface area contributed by atoms with E-state index in [2.05, 4.69) is 29.0 Å². The second kappa shape index (κ2) is 6.69. The monoisotopic (exact) mass is 334 g/mol. The van der Waals surface area contributed by atoms with Gasteiger partial charge in [0.2, 0.25) is 5.95 Å². The summed E-state index contributed by atoms with van der Waals surface area (Å²) in [6, 6.07) is 17.7. The van der Waals surface area contributed by atoms with Gasteiger partial charge in [-0.05, 0) is 24.7 Å². The van der Waals surface area contributed by atoms with Crippen molar-refractivity contribution in [3.8, 4) is 0 Å². The van der Waals surface area contributed by atoms with Crippen molar-refractivity contribution in [2.75, 3.05) is 38.1 Å². The summed E-state index contributed by atoms with van der Waals surface area (Å²) in [5.41, 5.74) is 1.91. The summed E-state index contributed by atoms with van der Waals surface area (Å²) in [6.45, 7) is 4.27. The summed E-state index contributed by atoms with van der Waals surface area (Å²) in [5, 5.41) is 0.677. The largest absolute Gasteiger partial charge is 0.340 e. The van der Waals surface area contributed by atoms with E-state index < -0.39 is 0 Å². The SMILES string of the molecule is CN1CCN(c2nc3ccccc3c(=O)n2Cc2ccccc2)CC1. The van der Waals surface area contributed by atoms with E-state index in [9.17, 15) is 4.79 Å². The van der Waals surface area contributed by atoms with Crippen LogP contribution in [-0.2, 0) is 6.54 Å². The van der Waals surface area contributed by atoms with Crippen LogP contribution in [0.1, 0.15) is 5.56 Å². The first-order chi connectivity index (χ1) is 12.2. The number of nitrogens with zero attached hydrogens (tertiary/aromatic N) is 4. The third kappa shape index (κ3) is 3.15. The highest BCUT2D eigenvalue weighted by Gasteiger charge is 2.20. The Morgan fingerprint density at radius 2 is 1.60 bits per heavy atom. The van der Waals surface area contributed by atoms with Crippen molar-refractivity contribution in [3.05, 3.63) is 70.5 Å². The Bertz CT molecular complexity index is 927. The lowest BCUT2D eigenvalue weighted by Crippen LogP contribution is -2.46. The molecule has 25 heavy (non-hydrogen) atoms. The van der Waals surface area contributed by atoms with Crippen molar-refractivity contribution in [2.45, 2.75) is 6.54 Å². The van der Waals surface area contributed by atoms with E-state index in [4.69, 9.17) is 4.98 Å². The van der Waals surface area contributed by atoms with Crippen molar-refractivity contribution in [1.29, 1.82) is 0 Å². The van der Waals surface area contributed by atoms with E-state index in [0.717, 1.165) is 43.2 Å². The first-order valence-electron chi connectivity index (χ1n) is 8.69. The second-order valence-electron chi connectivity index (χ2n) is 6.60. The number of rotatable bonds is 3. The Hall–Kier alpha value is -2.66. The van der Waals surface area contributed by atoms with Gasteiger partial charge in [-0.15, -0.1) is 0 Å². The zero-order valence-corrected chi connectivity index (χ0v) is 14.4. The number of anilines is 1. The van der Waals surface area contributed by atoms with Gasteiger partial charge in [0.25, 0.3) is 5.56 Å². The minimum atomic E-state index is 0.0309. The van der Waals surface area contributed by atoms with Gasteiger partial charge in [0.1, 0.15) is 0 Å². The highest BCUT2D eigenvalue weighted by Crippen LogP contribution is 2.18. The summed E-state index contributed by atoms with van der Waals surface area (Å²) in [7, 11) is 2.13. The average molecular weight is 334 g/mol. The van der Waals surface area contributed by atoms with Crippen LogP contribution in [0.2, 0.25) is 0 Å². The van der Waals surface area contributed by atoms with Crippen LogP contribution in [0.4, 0.5) is 5.95 Å². The lowest BCUT2D eigenvalue weighted by atomic mass is 10.2. The van der Waals surface area contributed by atoms with Crippen molar-refractivity contribution in [3.63, 3.8) is 0 Å². The van der Waals surface area contributed by atoms with Crippen LogP contribution in [0, 0.1) is 0 Å². The molecule has 0 aliphatic carbocycles. The molecule has 4 rings (SSSR count). The van der Waals surface area contributed by atoms with Gasteiger partial charge >= 0.3 is 0 Å². The van der Waals surface area contributed by atoms with Crippen molar-refractivity contribution < 1.29 is 0 Å². The third-order valence-electron chi connectivity index (χ3n) is 4.81. The maximum atomic E-state index is 13.1. The zero-order valence-electron chi connectivity index (χ0n) is 14.4. The molecule has 0 spiro atoms. The van der Waals surface area contributed by atoms with E-state index in [-0.39, 0.29) is 5.56 Å². The molecule has 3 aromatic rings. The highest BCUT2D eigenvalue weighted by atomic mass is 16.1. The molecule has 1 fully saturated rings. The number of fused-ring (bicyclic) bond motifs is 1. The van der Waals surface area contributed by atoms with E-state index in [1.807, 2.05) is 47.0 Å². The molecule has 1 saturated heterocycles. The molecule has 0 amide bonds. The fraction of sp³-hybridized carbons (Fsp3) is 0.300. The molecule has 0 bridgehead atoms. The number of para-hydroxylation sites is 1. The fourth-order valence-corrected chi connectivity index (χ4v) is 3.31. The van der Waals surface area contributed by atoms with Crippen LogP contribution in [0.25, 0.3) is 10.9 Å². The fourth-order valence-electron chi connectivity index (χ4n) is 3.31. The number of likely N-dealkylation sites (N-methyl/N-ethyl adjacent to an activating group) is 1. The Morgan fingerprint density at radius 1 is 0.920 bits per heavy atom. The van der Waals surface area contributed by atoms with Crippen molar-refractivity contribution in [1.82, 2.24) is 14.5 Å². The molecule has 1 aliphatic heterocycles. The number of benzene rings is 2. The van der Waals surface area contributed by atoms with Gasteiger partial charge in [0.15, 0.2) is 0 Å². The molecule has 0 radical (unpaired) electrons. The van der Waals surface area contributed by atoms with Gasteiger partial charge in [-0.1, -0.05) is 42.5 Å². The normalized spacial score (nSPS) is 15.6. The molecule has 5 heteroatoms. The van der Waals surface area contributed by atoms with Crippen LogP contribution in [0.15, 0.2) is 59.4 Å². The van der Waals surface area contributed by atoms with Crippen molar-refractivity contribution in [2.24, 2.45) is 0 Å². The van der Waals surface area contributed by atoms with Gasteiger partial charge in [-0.25, -0.2) is 4.98 Å². The van der Waals surface area contributed by atoms with E-state index in [0.29, 0.717) is 11.9 Å². The maximum Gasteiger partial charge on any atom is 0.263 e. The smallest absolute Gasteiger partial charge is 0.263 e. The minimum Gasteiger partial charge on any atom is -0.340 e. The quantitative estimate of drug-likeness (QED) is 0.736. The van der Waals surface area contributed by atoms with Crippen LogP contribution < -0.4 is 10.5 Å². The Kier molecular flexibility index (Phi) is 4.24. The lowest BCUT2D eigenvalue weighted by molar-refractivity contribution is 0.309. The van der Waals surface area contributed by atoms with Gasteiger partial charge in [-0.3, -0.25) is 9.36 Å². The van der Waals surface area contributed by atoms with Gasteiger partial charge in [-0.2, -0.15) is 0 Å². The Morgan fingerprint density at radius 3 is 2.36 bits per heavy atom. The second-order valence-corrected chi connectivity index (χ2v) is 6.60. The Labute approximate surface area is 147 Å². The van der Waals surface area contributed by atoms with Gasteiger partial charge < -0.3 is 9.80 Å². The van der Waals surface area contributed by atoms with E-state index >= 15 is 0 Å². The first-order valence-corrected chi connectivity index (χ1v) is 8.69. The number of piperazine rings is 1. The first kappa shape index (κ1) is 15.8. The topological polar surface area (TPSA) is 41.4 Å². The summed E-state index contributed by atoms with van der Waals surface area (Å²) in [5.74, 6) is 0.778. The molecule has 0 N–H and O–H groups in total. The number of hydrogen-bond acceptors (Lipinski definition) is 4. The van der Waals surface area contributed by atoms with Gasteiger partial charge in [0.05, 0.1) is 17.4 Å². The summed E-state index contributed by atoms with van der Waals surface area (Å²) >= 11 is 0. The van der Waals surface area contributed by atoms with Crippen LogP contribution in [-0.4, -0.2) is 47.7 Å². The van der Waals surface area contributed by atoms with E-state index in [1.165, 1.54) is 0 Å². The third-order valence-corrected chi connectivity index (χ3v) is 4.81. The highest BCUT2D eigenvalue weighted by molar-refractivity contribution is 5.78. The zero-order chi connectivity index (χ0) is 17.2. The number of hydrogen-bond donors (Lipinski definition) is 0. The van der Waals surface area contributed by atoms with Crippen LogP contribution in [0.3, 0.4) is 0 Å². The molecule has 2 heterocycles. The van der Waals surface area contributed by atoms with Gasteiger partial charge in [0, 0.05) is 26.2 Å². The molecule has 0 saturated carbocycles. The molecule has 5 nitrogen and oxygen atoms in total. The van der Waals surface area contributed by atoms with E-state index in [1.54, 1.807) is 0 Å².